The molecule has 0 atom stereocenters. The molecule has 0 radical (unpaired) electrons. The van der Waals surface area contributed by atoms with Gasteiger partial charge in [0.2, 0.25) is 5.91 Å². The molecule has 0 aliphatic rings. The third-order valence-electron chi connectivity index (χ3n) is 3.29. The van der Waals surface area contributed by atoms with Gasteiger partial charge in [-0.1, -0.05) is 57.9 Å². The van der Waals surface area contributed by atoms with Gasteiger partial charge in [0.15, 0.2) is 0 Å². The molecule has 0 unspecified atom stereocenters. The van der Waals surface area contributed by atoms with Gasteiger partial charge in [0.25, 0.3) is 0 Å². The van der Waals surface area contributed by atoms with E-state index in [4.69, 9.17) is 0 Å². The highest BCUT2D eigenvalue weighted by atomic mass is 16.2. The largest absolute Gasteiger partial charge is 0.339 e. The van der Waals surface area contributed by atoms with E-state index < -0.39 is 0 Å². The molecule has 2 nitrogen and oxygen atoms in total. The number of allylic oxidation sites excluding steroid dienone is 1. The van der Waals surface area contributed by atoms with Gasteiger partial charge in [-0.25, -0.2) is 0 Å². The fourth-order valence-corrected chi connectivity index (χ4v) is 2.13. The fourth-order valence-electron chi connectivity index (χ4n) is 2.13. The second-order valence-electron chi connectivity index (χ2n) is 5.67. The van der Waals surface area contributed by atoms with E-state index in [0.717, 1.165) is 31.5 Å². The van der Waals surface area contributed by atoms with Crippen molar-refractivity contribution in [3.63, 3.8) is 0 Å². The molecule has 0 saturated heterocycles. The molecule has 112 valence electrons. The molecular weight excluding hydrogens is 234 g/mol. The summed E-state index contributed by atoms with van der Waals surface area (Å²) >= 11 is 0. The lowest BCUT2D eigenvalue weighted by Gasteiger charge is -2.21. The summed E-state index contributed by atoms with van der Waals surface area (Å²) in [7, 11) is 0. The van der Waals surface area contributed by atoms with Crippen molar-refractivity contribution in [3.05, 3.63) is 11.6 Å². The second-order valence-corrected chi connectivity index (χ2v) is 5.67. The summed E-state index contributed by atoms with van der Waals surface area (Å²) < 4.78 is 0. The van der Waals surface area contributed by atoms with Crippen LogP contribution in [0.15, 0.2) is 11.6 Å². The predicted octanol–water partition coefficient (Wildman–Crippen LogP) is 4.94. The third-order valence-corrected chi connectivity index (χ3v) is 3.29. The van der Waals surface area contributed by atoms with Gasteiger partial charge in [-0.15, -0.1) is 0 Å². The van der Waals surface area contributed by atoms with Gasteiger partial charge in [-0.05, 0) is 26.7 Å². The maximum absolute atomic E-state index is 12.1. The number of amides is 1. The number of carbonyl (C=O) groups excluding carboxylic acids is 1. The number of nitrogens with zero attached hydrogens (tertiary/aromatic N) is 1. The van der Waals surface area contributed by atoms with Crippen LogP contribution in [0.2, 0.25) is 0 Å². The Kier molecular flexibility index (Phi) is 11.7. The highest BCUT2D eigenvalue weighted by Gasteiger charge is 2.10. The van der Waals surface area contributed by atoms with Gasteiger partial charge in [-0.2, -0.15) is 0 Å². The van der Waals surface area contributed by atoms with E-state index in [-0.39, 0.29) is 5.91 Å². The lowest BCUT2D eigenvalue weighted by Crippen LogP contribution is -2.31. The van der Waals surface area contributed by atoms with E-state index in [9.17, 15) is 4.79 Å². The molecule has 0 aliphatic carbocycles. The van der Waals surface area contributed by atoms with Crippen molar-refractivity contribution in [1.29, 1.82) is 0 Å². The SMILES string of the molecule is CCCCCCN(CCCCCC)C(=O)C=C(C)C. The van der Waals surface area contributed by atoms with Crippen LogP contribution in [0.4, 0.5) is 0 Å². The number of carbonyl (C=O) groups is 1. The van der Waals surface area contributed by atoms with Gasteiger partial charge in [0.05, 0.1) is 0 Å². The average molecular weight is 267 g/mol. The van der Waals surface area contributed by atoms with Gasteiger partial charge in [0, 0.05) is 19.2 Å². The van der Waals surface area contributed by atoms with Crippen LogP contribution in [-0.4, -0.2) is 23.9 Å². The number of unbranched alkanes of at least 4 members (excludes halogenated alkanes) is 6. The Hall–Kier alpha value is -0.790. The molecule has 0 aliphatic heterocycles. The molecule has 0 aromatic heterocycles. The van der Waals surface area contributed by atoms with Crippen LogP contribution in [-0.2, 0) is 4.79 Å². The third kappa shape index (κ3) is 10.8. The predicted molar refractivity (Wildman–Crippen MR) is 84.3 cm³/mol. The minimum Gasteiger partial charge on any atom is -0.339 e. The molecule has 0 saturated carbocycles. The Morgan fingerprint density at radius 2 is 1.32 bits per heavy atom. The Morgan fingerprint density at radius 3 is 1.68 bits per heavy atom. The summed E-state index contributed by atoms with van der Waals surface area (Å²) in [6.07, 6.45) is 11.6. The minimum absolute atomic E-state index is 0.202. The van der Waals surface area contributed by atoms with E-state index in [1.54, 1.807) is 6.08 Å². The van der Waals surface area contributed by atoms with Gasteiger partial charge in [0.1, 0.15) is 0 Å². The number of hydrogen-bond donors (Lipinski definition) is 0. The monoisotopic (exact) mass is 267 g/mol. The fraction of sp³-hybridized carbons (Fsp3) is 0.824. The van der Waals surface area contributed by atoms with Crippen molar-refractivity contribution in [2.24, 2.45) is 0 Å². The second kappa shape index (κ2) is 12.3. The molecule has 0 fully saturated rings. The molecule has 1 amide bonds. The average Bonchev–Trinajstić information content (AvgIpc) is 2.36. The van der Waals surface area contributed by atoms with Crippen molar-refractivity contribution in [3.8, 4) is 0 Å². The molecule has 0 aromatic carbocycles. The molecule has 0 rings (SSSR count). The smallest absolute Gasteiger partial charge is 0.246 e. The van der Waals surface area contributed by atoms with Crippen LogP contribution in [0.25, 0.3) is 0 Å². The summed E-state index contributed by atoms with van der Waals surface area (Å²) in [5.41, 5.74) is 1.09. The van der Waals surface area contributed by atoms with Crippen LogP contribution >= 0.6 is 0 Å². The molecule has 2 heteroatoms. The molecule has 0 bridgehead atoms. The van der Waals surface area contributed by atoms with Crippen molar-refractivity contribution >= 4 is 5.91 Å². The first-order valence-corrected chi connectivity index (χ1v) is 8.05. The minimum atomic E-state index is 0.202. The van der Waals surface area contributed by atoms with E-state index >= 15 is 0 Å². The number of hydrogen-bond acceptors (Lipinski definition) is 1. The van der Waals surface area contributed by atoms with Crippen molar-refractivity contribution in [2.45, 2.75) is 79.1 Å². The highest BCUT2D eigenvalue weighted by molar-refractivity contribution is 5.88. The first-order valence-electron chi connectivity index (χ1n) is 8.05. The molecule has 0 spiro atoms. The van der Waals surface area contributed by atoms with Gasteiger partial charge < -0.3 is 4.90 Å². The van der Waals surface area contributed by atoms with Crippen molar-refractivity contribution in [2.75, 3.05) is 13.1 Å². The summed E-state index contributed by atoms with van der Waals surface area (Å²) in [5, 5.41) is 0. The van der Waals surface area contributed by atoms with Crippen molar-refractivity contribution < 1.29 is 4.79 Å². The van der Waals surface area contributed by atoms with Crippen LogP contribution in [0, 0.1) is 0 Å². The number of rotatable bonds is 11. The first-order chi connectivity index (χ1) is 9.11. The van der Waals surface area contributed by atoms with Crippen LogP contribution in [0.3, 0.4) is 0 Å². The topological polar surface area (TPSA) is 20.3 Å². The highest BCUT2D eigenvalue weighted by Crippen LogP contribution is 2.07. The van der Waals surface area contributed by atoms with E-state index in [2.05, 4.69) is 13.8 Å². The van der Waals surface area contributed by atoms with Crippen molar-refractivity contribution in [1.82, 2.24) is 4.90 Å². The van der Waals surface area contributed by atoms with Crippen LogP contribution in [0.5, 0.6) is 0 Å². The maximum Gasteiger partial charge on any atom is 0.246 e. The zero-order valence-corrected chi connectivity index (χ0v) is 13.5. The summed E-state index contributed by atoms with van der Waals surface area (Å²) in [6, 6.07) is 0. The van der Waals surface area contributed by atoms with E-state index in [1.165, 1.54) is 38.5 Å². The molecule has 0 N–H and O–H groups in total. The zero-order chi connectivity index (χ0) is 14.5. The summed E-state index contributed by atoms with van der Waals surface area (Å²) in [6.45, 7) is 10.3. The Morgan fingerprint density at radius 1 is 0.842 bits per heavy atom. The standard InChI is InChI=1S/C17H33NO/c1-5-7-9-11-13-18(14-12-10-8-6-2)17(19)15-16(3)4/h15H,5-14H2,1-4H3. The summed E-state index contributed by atoms with van der Waals surface area (Å²) in [5.74, 6) is 0.202. The Balaban J connectivity index is 4.13. The molecule has 0 aromatic rings. The molecular formula is C17H33NO. The van der Waals surface area contributed by atoms with E-state index in [0.29, 0.717) is 0 Å². The lowest BCUT2D eigenvalue weighted by molar-refractivity contribution is -0.126. The Labute approximate surface area is 120 Å². The summed E-state index contributed by atoms with van der Waals surface area (Å²) in [4.78, 5) is 14.2. The molecule has 0 heterocycles. The Bertz CT molecular complexity index is 242. The molecule has 19 heavy (non-hydrogen) atoms. The first kappa shape index (κ1) is 18.2. The van der Waals surface area contributed by atoms with E-state index in [1.807, 2.05) is 18.7 Å². The normalized spacial score (nSPS) is 10.3. The van der Waals surface area contributed by atoms with Gasteiger partial charge >= 0.3 is 0 Å². The maximum atomic E-state index is 12.1. The van der Waals surface area contributed by atoms with Gasteiger partial charge in [-0.3, -0.25) is 4.79 Å². The quantitative estimate of drug-likeness (QED) is 0.383. The lowest BCUT2D eigenvalue weighted by atomic mass is 10.1. The van der Waals surface area contributed by atoms with Crippen LogP contribution < -0.4 is 0 Å². The zero-order valence-electron chi connectivity index (χ0n) is 13.5. The van der Waals surface area contributed by atoms with Crippen LogP contribution in [0.1, 0.15) is 79.1 Å².